The summed E-state index contributed by atoms with van der Waals surface area (Å²) < 4.78 is 29.4. The quantitative estimate of drug-likeness (QED) is 0.582. The van der Waals surface area contributed by atoms with Gasteiger partial charge in [-0.15, -0.1) is 0 Å². The van der Waals surface area contributed by atoms with Gasteiger partial charge in [0.25, 0.3) is 6.43 Å². The third-order valence-electron chi connectivity index (χ3n) is 1.86. The van der Waals surface area contributed by atoms with Crippen molar-refractivity contribution in [3.8, 4) is 0 Å². The van der Waals surface area contributed by atoms with Gasteiger partial charge >= 0.3 is 5.97 Å². The topological polar surface area (TPSA) is 26.3 Å². The number of esters is 1. The maximum Gasteiger partial charge on any atom is 0.330 e. The van der Waals surface area contributed by atoms with Gasteiger partial charge in [0.2, 0.25) is 0 Å². The Hall–Kier alpha value is -1.71. The van der Waals surface area contributed by atoms with Crippen LogP contribution < -0.4 is 0 Å². The zero-order valence-corrected chi connectivity index (χ0v) is 8.82. The molecule has 1 aromatic rings. The normalized spacial score (nSPS) is 11.0. The van der Waals surface area contributed by atoms with Crippen LogP contribution in [0, 0.1) is 0 Å². The maximum atomic E-state index is 12.4. The fourth-order valence-corrected chi connectivity index (χ4v) is 1.15. The summed E-state index contributed by atoms with van der Waals surface area (Å²) in [6.45, 7) is 1.99. The molecule has 0 aliphatic heterocycles. The Morgan fingerprint density at radius 1 is 1.50 bits per heavy atom. The van der Waals surface area contributed by atoms with Crippen LogP contribution in [0.5, 0.6) is 0 Å². The van der Waals surface area contributed by atoms with Gasteiger partial charge in [0.15, 0.2) is 0 Å². The van der Waals surface area contributed by atoms with E-state index in [2.05, 4.69) is 4.74 Å². The van der Waals surface area contributed by atoms with Gasteiger partial charge in [0.05, 0.1) is 6.61 Å². The summed E-state index contributed by atoms with van der Waals surface area (Å²) in [5.74, 6) is -0.482. The third kappa shape index (κ3) is 3.81. The van der Waals surface area contributed by atoms with Crippen molar-refractivity contribution in [3.05, 3.63) is 41.5 Å². The largest absolute Gasteiger partial charge is 0.463 e. The second-order valence-corrected chi connectivity index (χ2v) is 3.06. The number of ether oxygens (including phenoxy) is 1. The molecule has 0 aromatic heterocycles. The lowest BCUT2D eigenvalue weighted by Crippen LogP contribution is -1.98. The van der Waals surface area contributed by atoms with Crippen molar-refractivity contribution < 1.29 is 18.3 Å². The molecule has 4 heteroatoms. The molecule has 0 spiro atoms. The van der Waals surface area contributed by atoms with Crippen LogP contribution in [-0.4, -0.2) is 12.6 Å². The third-order valence-corrected chi connectivity index (χ3v) is 1.86. The first-order valence-corrected chi connectivity index (χ1v) is 4.86. The fraction of sp³-hybridized carbons (Fsp3) is 0.250. The zero-order valence-electron chi connectivity index (χ0n) is 8.82. The van der Waals surface area contributed by atoms with Crippen molar-refractivity contribution in [2.24, 2.45) is 0 Å². The predicted octanol–water partition coefficient (Wildman–Crippen LogP) is 3.20. The second kappa shape index (κ2) is 6.00. The van der Waals surface area contributed by atoms with Crippen molar-refractivity contribution >= 4 is 12.0 Å². The van der Waals surface area contributed by atoms with E-state index in [-0.39, 0.29) is 5.56 Å². The van der Waals surface area contributed by atoms with Gasteiger partial charge in [0, 0.05) is 11.6 Å². The van der Waals surface area contributed by atoms with Crippen molar-refractivity contribution in [3.63, 3.8) is 0 Å². The van der Waals surface area contributed by atoms with Crippen LogP contribution in [0.25, 0.3) is 6.08 Å². The van der Waals surface area contributed by atoms with E-state index in [0.717, 1.165) is 0 Å². The highest BCUT2D eigenvalue weighted by Crippen LogP contribution is 2.19. The first-order valence-electron chi connectivity index (χ1n) is 4.86. The van der Waals surface area contributed by atoms with Crippen molar-refractivity contribution in [1.82, 2.24) is 0 Å². The van der Waals surface area contributed by atoms with E-state index in [4.69, 9.17) is 0 Å². The minimum atomic E-state index is -2.50. The summed E-state index contributed by atoms with van der Waals surface area (Å²) in [6.07, 6.45) is 0.161. The number of hydrogen-bond donors (Lipinski definition) is 0. The lowest BCUT2D eigenvalue weighted by molar-refractivity contribution is -0.137. The highest BCUT2D eigenvalue weighted by atomic mass is 19.3. The number of carbonyl (C=O) groups excluding carboxylic acids is 1. The summed E-state index contributed by atoms with van der Waals surface area (Å²) in [5.41, 5.74) is 0.483. The smallest absolute Gasteiger partial charge is 0.330 e. The first kappa shape index (κ1) is 12.4. The Balaban J connectivity index is 2.74. The minimum absolute atomic E-state index is 0.0639. The van der Waals surface area contributed by atoms with Crippen LogP contribution in [0.3, 0.4) is 0 Å². The SMILES string of the molecule is CCOC(=O)C=Cc1cccc(C(F)F)c1. The number of rotatable bonds is 4. The number of halogens is 2. The number of carbonyl (C=O) groups is 1. The highest BCUT2D eigenvalue weighted by molar-refractivity contribution is 5.87. The van der Waals surface area contributed by atoms with Crippen molar-refractivity contribution in [1.29, 1.82) is 0 Å². The van der Waals surface area contributed by atoms with E-state index >= 15 is 0 Å². The first-order chi connectivity index (χ1) is 7.63. The Morgan fingerprint density at radius 3 is 2.88 bits per heavy atom. The molecule has 0 aliphatic rings. The molecule has 0 amide bonds. The summed E-state index contributed by atoms with van der Waals surface area (Å²) >= 11 is 0. The molecule has 0 fully saturated rings. The van der Waals surface area contributed by atoms with E-state index in [1.165, 1.54) is 30.4 Å². The van der Waals surface area contributed by atoms with Gasteiger partial charge in [0.1, 0.15) is 0 Å². The molecule has 0 radical (unpaired) electrons. The fourth-order valence-electron chi connectivity index (χ4n) is 1.15. The Kier molecular flexibility index (Phi) is 4.64. The summed E-state index contributed by atoms with van der Waals surface area (Å²) in [4.78, 5) is 11.0. The average Bonchev–Trinajstić information content (AvgIpc) is 2.27. The Morgan fingerprint density at radius 2 is 2.25 bits per heavy atom. The highest BCUT2D eigenvalue weighted by Gasteiger charge is 2.05. The molecule has 1 rings (SSSR count). The molecule has 1 aromatic carbocycles. The molecule has 2 nitrogen and oxygen atoms in total. The molecule has 0 heterocycles. The van der Waals surface area contributed by atoms with E-state index in [0.29, 0.717) is 12.2 Å². The van der Waals surface area contributed by atoms with Gasteiger partial charge in [-0.3, -0.25) is 0 Å². The molecular weight excluding hydrogens is 214 g/mol. The van der Waals surface area contributed by atoms with Crippen LogP contribution in [0.2, 0.25) is 0 Å². The van der Waals surface area contributed by atoms with Gasteiger partial charge in [-0.25, -0.2) is 13.6 Å². The van der Waals surface area contributed by atoms with Crippen LogP contribution >= 0.6 is 0 Å². The summed E-state index contributed by atoms with van der Waals surface area (Å²) in [6, 6.07) is 5.83. The summed E-state index contributed by atoms with van der Waals surface area (Å²) in [7, 11) is 0. The molecule has 0 saturated carbocycles. The average molecular weight is 226 g/mol. The monoisotopic (exact) mass is 226 g/mol. The van der Waals surface area contributed by atoms with Crippen LogP contribution in [0.1, 0.15) is 24.5 Å². The standard InChI is InChI=1S/C12H12F2O2/c1-2-16-11(15)7-6-9-4-3-5-10(8-9)12(13)14/h3-8,12H,2H2,1H3. The molecule has 0 atom stereocenters. The lowest BCUT2D eigenvalue weighted by atomic mass is 10.1. The number of alkyl halides is 2. The number of hydrogen-bond acceptors (Lipinski definition) is 2. The van der Waals surface area contributed by atoms with E-state index < -0.39 is 12.4 Å². The van der Waals surface area contributed by atoms with E-state index in [1.54, 1.807) is 13.0 Å². The molecule has 0 bridgehead atoms. The minimum Gasteiger partial charge on any atom is -0.463 e. The summed E-state index contributed by atoms with van der Waals surface area (Å²) in [5, 5.41) is 0. The molecule has 0 N–H and O–H groups in total. The van der Waals surface area contributed by atoms with E-state index in [1.807, 2.05) is 0 Å². The lowest BCUT2D eigenvalue weighted by Gasteiger charge is -2.00. The zero-order chi connectivity index (χ0) is 12.0. The molecular formula is C12H12F2O2. The van der Waals surface area contributed by atoms with Gasteiger partial charge in [-0.05, 0) is 24.6 Å². The molecule has 0 saturated heterocycles. The van der Waals surface area contributed by atoms with E-state index in [9.17, 15) is 13.6 Å². The van der Waals surface area contributed by atoms with Gasteiger partial charge in [-0.2, -0.15) is 0 Å². The molecule has 0 aliphatic carbocycles. The van der Waals surface area contributed by atoms with Crippen LogP contribution in [0.4, 0.5) is 8.78 Å². The van der Waals surface area contributed by atoms with Crippen molar-refractivity contribution in [2.75, 3.05) is 6.61 Å². The maximum absolute atomic E-state index is 12.4. The predicted molar refractivity (Wildman–Crippen MR) is 57.1 cm³/mol. The Bertz CT molecular complexity index is 386. The van der Waals surface area contributed by atoms with Crippen molar-refractivity contribution in [2.45, 2.75) is 13.3 Å². The van der Waals surface area contributed by atoms with Gasteiger partial charge in [-0.1, -0.05) is 18.2 Å². The second-order valence-electron chi connectivity index (χ2n) is 3.06. The van der Waals surface area contributed by atoms with Crippen LogP contribution in [-0.2, 0) is 9.53 Å². The molecule has 16 heavy (non-hydrogen) atoms. The van der Waals surface area contributed by atoms with Crippen LogP contribution in [0.15, 0.2) is 30.3 Å². The molecule has 86 valence electrons. The van der Waals surface area contributed by atoms with Gasteiger partial charge < -0.3 is 4.74 Å². The molecule has 0 unspecified atom stereocenters. The Labute approximate surface area is 92.5 Å². The number of benzene rings is 1.